The van der Waals surface area contributed by atoms with Gasteiger partial charge in [-0.05, 0) is 45.0 Å². The second-order valence-electron chi connectivity index (χ2n) is 6.08. The first-order valence-electron chi connectivity index (χ1n) is 7.14. The Kier molecular flexibility index (Phi) is 4.72. The molecule has 0 amide bonds. The molecule has 2 rings (SSSR count). The van der Waals surface area contributed by atoms with Crippen LogP contribution in [-0.2, 0) is 21.3 Å². The number of hydrogen-bond donors (Lipinski definition) is 1. The summed E-state index contributed by atoms with van der Waals surface area (Å²) >= 11 is 0. The molecular formula is C15H24N2O3S. The predicted octanol–water partition coefficient (Wildman–Crippen LogP) is 1.51. The zero-order valence-electron chi connectivity index (χ0n) is 13.1. The smallest absolute Gasteiger partial charge is 0.243 e. The minimum absolute atomic E-state index is 0.380. The Hall–Kier alpha value is -0.950. The lowest BCUT2D eigenvalue weighted by atomic mass is 10.1. The van der Waals surface area contributed by atoms with Crippen LogP contribution in [-0.4, -0.2) is 45.1 Å². The second kappa shape index (κ2) is 6.04. The van der Waals surface area contributed by atoms with E-state index in [0.29, 0.717) is 31.1 Å². The van der Waals surface area contributed by atoms with Crippen molar-refractivity contribution in [1.82, 2.24) is 9.62 Å². The maximum absolute atomic E-state index is 12.9. The van der Waals surface area contributed by atoms with E-state index in [2.05, 4.69) is 5.32 Å². The molecule has 0 radical (unpaired) electrons. The molecule has 0 spiro atoms. The summed E-state index contributed by atoms with van der Waals surface area (Å²) in [6.45, 7) is 7.53. The van der Waals surface area contributed by atoms with Gasteiger partial charge in [-0.15, -0.1) is 0 Å². The van der Waals surface area contributed by atoms with Crippen molar-refractivity contribution < 1.29 is 13.2 Å². The van der Waals surface area contributed by atoms with E-state index >= 15 is 0 Å². The summed E-state index contributed by atoms with van der Waals surface area (Å²) in [7, 11) is -1.63. The largest absolute Gasteiger partial charge is 0.373 e. The summed E-state index contributed by atoms with van der Waals surface area (Å²) in [5.41, 5.74) is 1.30. The molecule has 0 saturated carbocycles. The van der Waals surface area contributed by atoms with E-state index < -0.39 is 15.6 Å². The number of morpholine rings is 1. The zero-order chi connectivity index (χ0) is 15.7. The average Bonchev–Trinajstić information content (AvgIpc) is 2.40. The van der Waals surface area contributed by atoms with Crippen molar-refractivity contribution in [3.63, 3.8) is 0 Å². The topological polar surface area (TPSA) is 58.6 Å². The number of ether oxygens (including phenoxy) is 1. The second-order valence-corrected chi connectivity index (χ2v) is 7.98. The molecular weight excluding hydrogens is 288 g/mol. The van der Waals surface area contributed by atoms with Gasteiger partial charge in [0.1, 0.15) is 0 Å². The number of nitrogens with zero attached hydrogens (tertiary/aromatic N) is 1. The highest BCUT2D eigenvalue weighted by Gasteiger charge is 2.35. The molecule has 1 aromatic carbocycles. The third-order valence-electron chi connectivity index (χ3n) is 3.64. The molecule has 0 unspecified atom stereocenters. The monoisotopic (exact) mass is 312 g/mol. The van der Waals surface area contributed by atoms with E-state index in [9.17, 15) is 8.42 Å². The molecule has 1 aromatic rings. The van der Waals surface area contributed by atoms with Crippen molar-refractivity contribution in [2.24, 2.45) is 0 Å². The lowest BCUT2D eigenvalue weighted by Gasteiger charge is -2.37. The molecule has 6 heteroatoms. The van der Waals surface area contributed by atoms with Crippen LogP contribution >= 0.6 is 0 Å². The van der Waals surface area contributed by atoms with Gasteiger partial charge in [-0.3, -0.25) is 0 Å². The van der Waals surface area contributed by atoms with Gasteiger partial charge in [-0.25, -0.2) is 8.42 Å². The standard InChI is InChI=1S/C15H24N2O3S/c1-12-5-6-13(10-16-4)9-14(12)21(18,19)17-7-8-20-15(2,3)11-17/h5-6,9,16H,7-8,10-11H2,1-4H3. The summed E-state index contributed by atoms with van der Waals surface area (Å²) in [5, 5.41) is 3.05. The third-order valence-corrected chi connectivity index (χ3v) is 5.63. The quantitative estimate of drug-likeness (QED) is 0.916. The zero-order valence-corrected chi connectivity index (χ0v) is 14.0. The molecule has 1 fully saturated rings. The van der Waals surface area contributed by atoms with Crippen LogP contribution in [0.2, 0.25) is 0 Å². The summed E-state index contributed by atoms with van der Waals surface area (Å²) in [5.74, 6) is 0. The number of sulfonamides is 1. The van der Waals surface area contributed by atoms with Crippen LogP contribution in [0.5, 0.6) is 0 Å². The Balaban J connectivity index is 2.37. The van der Waals surface area contributed by atoms with Gasteiger partial charge in [-0.1, -0.05) is 12.1 Å². The molecule has 1 heterocycles. The Morgan fingerprint density at radius 1 is 1.38 bits per heavy atom. The van der Waals surface area contributed by atoms with Crippen molar-refractivity contribution in [3.05, 3.63) is 29.3 Å². The van der Waals surface area contributed by atoms with Gasteiger partial charge in [0.15, 0.2) is 0 Å². The number of rotatable bonds is 4. The van der Waals surface area contributed by atoms with Crippen LogP contribution in [0.4, 0.5) is 0 Å². The Bertz CT molecular complexity index is 611. The number of nitrogens with one attached hydrogen (secondary N) is 1. The first-order valence-corrected chi connectivity index (χ1v) is 8.58. The van der Waals surface area contributed by atoms with Crippen molar-refractivity contribution in [1.29, 1.82) is 0 Å². The fourth-order valence-electron chi connectivity index (χ4n) is 2.55. The van der Waals surface area contributed by atoms with Gasteiger partial charge in [0, 0.05) is 19.6 Å². The van der Waals surface area contributed by atoms with E-state index in [0.717, 1.165) is 11.1 Å². The molecule has 0 aliphatic carbocycles. The summed E-state index contributed by atoms with van der Waals surface area (Å²) in [4.78, 5) is 0.396. The van der Waals surface area contributed by atoms with E-state index in [1.807, 2.05) is 40.0 Å². The van der Waals surface area contributed by atoms with Crippen LogP contribution in [0.25, 0.3) is 0 Å². The van der Waals surface area contributed by atoms with Crippen LogP contribution in [0.3, 0.4) is 0 Å². The molecule has 0 atom stereocenters. The summed E-state index contributed by atoms with van der Waals surface area (Å²) < 4.78 is 32.9. The van der Waals surface area contributed by atoms with Crippen LogP contribution in [0.1, 0.15) is 25.0 Å². The Morgan fingerprint density at radius 2 is 2.10 bits per heavy atom. The normalized spacial score (nSPS) is 19.6. The number of benzene rings is 1. The molecule has 21 heavy (non-hydrogen) atoms. The highest BCUT2D eigenvalue weighted by molar-refractivity contribution is 7.89. The van der Waals surface area contributed by atoms with Crippen molar-refractivity contribution in [2.75, 3.05) is 26.7 Å². The minimum atomic E-state index is -3.48. The van der Waals surface area contributed by atoms with Crippen molar-refractivity contribution in [2.45, 2.75) is 37.8 Å². The predicted molar refractivity (Wildman–Crippen MR) is 82.7 cm³/mol. The van der Waals surface area contributed by atoms with Gasteiger partial charge < -0.3 is 10.1 Å². The van der Waals surface area contributed by atoms with Gasteiger partial charge in [-0.2, -0.15) is 4.31 Å². The Morgan fingerprint density at radius 3 is 2.71 bits per heavy atom. The lowest BCUT2D eigenvalue weighted by Crippen LogP contribution is -2.50. The SMILES string of the molecule is CNCc1ccc(C)c(S(=O)(=O)N2CCOC(C)(C)C2)c1. The summed E-state index contributed by atoms with van der Waals surface area (Å²) in [6.07, 6.45) is 0. The van der Waals surface area contributed by atoms with E-state index in [4.69, 9.17) is 4.74 Å². The Labute approximate surface area is 127 Å². The van der Waals surface area contributed by atoms with Gasteiger partial charge in [0.05, 0.1) is 17.1 Å². The van der Waals surface area contributed by atoms with Gasteiger partial charge in [0.25, 0.3) is 0 Å². The molecule has 1 aliphatic rings. The third kappa shape index (κ3) is 3.63. The minimum Gasteiger partial charge on any atom is -0.373 e. The highest BCUT2D eigenvalue weighted by atomic mass is 32.2. The van der Waals surface area contributed by atoms with Crippen molar-refractivity contribution in [3.8, 4) is 0 Å². The maximum atomic E-state index is 12.9. The van der Waals surface area contributed by atoms with Gasteiger partial charge in [0.2, 0.25) is 10.0 Å². The van der Waals surface area contributed by atoms with Crippen molar-refractivity contribution >= 4 is 10.0 Å². The molecule has 5 nitrogen and oxygen atoms in total. The summed E-state index contributed by atoms with van der Waals surface area (Å²) in [6, 6.07) is 5.59. The van der Waals surface area contributed by atoms with Gasteiger partial charge >= 0.3 is 0 Å². The van der Waals surface area contributed by atoms with Crippen LogP contribution in [0.15, 0.2) is 23.1 Å². The average molecular weight is 312 g/mol. The van der Waals surface area contributed by atoms with Crippen LogP contribution < -0.4 is 5.32 Å². The number of hydrogen-bond acceptors (Lipinski definition) is 4. The molecule has 0 aromatic heterocycles. The van der Waals surface area contributed by atoms with E-state index in [-0.39, 0.29) is 0 Å². The van der Waals surface area contributed by atoms with E-state index in [1.54, 1.807) is 6.07 Å². The first-order chi connectivity index (χ1) is 9.76. The molecule has 1 N–H and O–H groups in total. The maximum Gasteiger partial charge on any atom is 0.243 e. The van der Waals surface area contributed by atoms with E-state index in [1.165, 1.54) is 4.31 Å². The molecule has 0 bridgehead atoms. The fourth-order valence-corrected chi connectivity index (χ4v) is 4.40. The number of aryl methyl sites for hydroxylation is 1. The molecule has 118 valence electrons. The van der Waals surface area contributed by atoms with Crippen LogP contribution in [0, 0.1) is 6.92 Å². The first kappa shape index (κ1) is 16.4. The molecule has 1 aliphatic heterocycles. The molecule has 1 saturated heterocycles. The highest BCUT2D eigenvalue weighted by Crippen LogP contribution is 2.26. The lowest BCUT2D eigenvalue weighted by molar-refractivity contribution is -0.0640. The fraction of sp³-hybridized carbons (Fsp3) is 0.600.